The van der Waals surface area contributed by atoms with Gasteiger partial charge in [-0.3, -0.25) is 0 Å². The molecule has 0 bridgehead atoms. The lowest BCUT2D eigenvalue weighted by Crippen LogP contribution is -2.23. The van der Waals surface area contributed by atoms with Crippen molar-refractivity contribution in [3.63, 3.8) is 0 Å². The number of hydrogen-bond donors (Lipinski definition) is 0. The Morgan fingerprint density at radius 2 is 1.45 bits per heavy atom. The van der Waals surface area contributed by atoms with Crippen molar-refractivity contribution < 1.29 is 0 Å². The molecule has 0 atom stereocenters. The SMILES string of the molecule is CCCCCC/C=C/C1CCC(C2CCCCC2)CC1. The molecular weight excluding hydrogens is 240 g/mol. The minimum absolute atomic E-state index is 0.918. The van der Waals surface area contributed by atoms with Crippen molar-refractivity contribution in [1.82, 2.24) is 0 Å². The predicted molar refractivity (Wildman–Crippen MR) is 89.9 cm³/mol. The van der Waals surface area contributed by atoms with Gasteiger partial charge >= 0.3 is 0 Å². The number of unbranched alkanes of at least 4 members (excludes halogenated alkanes) is 4. The number of rotatable bonds is 7. The van der Waals surface area contributed by atoms with Crippen LogP contribution in [0.5, 0.6) is 0 Å². The molecule has 0 aromatic rings. The Balaban J connectivity index is 1.57. The van der Waals surface area contributed by atoms with Gasteiger partial charge in [-0.25, -0.2) is 0 Å². The molecule has 0 spiro atoms. The Morgan fingerprint density at radius 1 is 0.750 bits per heavy atom. The zero-order chi connectivity index (χ0) is 14.0. The van der Waals surface area contributed by atoms with Gasteiger partial charge in [-0.2, -0.15) is 0 Å². The summed E-state index contributed by atoms with van der Waals surface area (Å²) < 4.78 is 0. The Labute approximate surface area is 127 Å². The molecule has 0 heterocycles. The number of hydrogen-bond acceptors (Lipinski definition) is 0. The second-order valence-electron chi connectivity index (χ2n) is 7.35. The maximum Gasteiger partial charge on any atom is -0.0233 e. The molecule has 2 rings (SSSR count). The quantitative estimate of drug-likeness (QED) is 0.350. The molecule has 0 unspecified atom stereocenters. The maximum atomic E-state index is 2.56. The van der Waals surface area contributed by atoms with Gasteiger partial charge in [0.1, 0.15) is 0 Å². The first-order valence-electron chi connectivity index (χ1n) is 9.56. The summed E-state index contributed by atoms with van der Waals surface area (Å²) in [7, 11) is 0. The minimum atomic E-state index is 0.918. The molecule has 0 aromatic heterocycles. The smallest absolute Gasteiger partial charge is 0.0233 e. The van der Waals surface area contributed by atoms with Gasteiger partial charge in [-0.05, 0) is 56.3 Å². The van der Waals surface area contributed by atoms with E-state index in [0.29, 0.717) is 0 Å². The van der Waals surface area contributed by atoms with Crippen LogP contribution in [0.3, 0.4) is 0 Å². The van der Waals surface area contributed by atoms with Gasteiger partial charge in [-0.15, -0.1) is 0 Å². The molecule has 2 saturated carbocycles. The summed E-state index contributed by atoms with van der Waals surface area (Å²) in [5, 5.41) is 0. The summed E-state index contributed by atoms with van der Waals surface area (Å²) in [5.41, 5.74) is 0. The van der Waals surface area contributed by atoms with Gasteiger partial charge < -0.3 is 0 Å². The van der Waals surface area contributed by atoms with Crippen LogP contribution in [-0.2, 0) is 0 Å². The van der Waals surface area contributed by atoms with Crippen molar-refractivity contribution in [2.24, 2.45) is 17.8 Å². The van der Waals surface area contributed by atoms with Crippen LogP contribution < -0.4 is 0 Å². The molecule has 0 heteroatoms. The maximum absolute atomic E-state index is 2.56. The fourth-order valence-corrected chi connectivity index (χ4v) is 4.39. The fourth-order valence-electron chi connectivity index (χ4n) is 4.39. The van der Waals surface area contributed by atoms with Gasteiger partial charge in [0.15, 0.2) is 0 Å². The first kappa shape index (κ1) is 16.1. The molecule has 0 saturated heterocycles. The first-order chi connectivity index (χ1) is 9.90. The van der Waals surface area contributed by atoms with Crippen molar-refractivity contribution in [3.05, 3.63) is 12.2 Å². The van der Waals surface area contributed by atoms with Crippen LogP contribution >= 0.6 is 0 Å². The van der Waals surface area contributed by atoms with Crippen molar-refractivity contribution >= 4 is 0 Å². The van der Waals surface area contributed by atoms with E-state index in [2.05, 4.69) is 19.1 Å². The highest BCUT2D eigenvalue weighted by Crippen LogP contribution is 2.40. The second kappa shape index (κ2) is 9.64. The molecule has 20 heavy (non-hydrogen) atoms. The van der Waals surface area contributed by atoms with Gasteiger partial charge in [0, 0.05) is 0 Å². The molecule has 0 radical (unpaired) electrons. The molecule has 0 N–H and O–H groups in total. The molecule has 0 aliphatic heterocycles. The Bertz CT molecular complexity index is 251. The summed E-state index contributed by atoms with van der Waals surface area (Å²) in [5.74, 6) is 3.10. The zero-order valence-electron chi connectivity index (χ0n) is 13.8. The van der Waals surface area contributed by atoms with Crippen molar-refractivity contribution in [3.8, 4) is 0 Å². The lowest BCUT2D eigenvalue weighted by molar-refractivity contribution is 0.180. The zero-order valence-corrected chi connectivity index (χ0v) is 13.8. The van der Waals surface area contributed by atoms with E-state index in [1.165, 1.54) is 77.0 Å². The van der Waals surface area contributed by atoms with Crippen LogP contribution in [0.1, 0.15) is 96.8 Å². The molecule has 0 amide bonds. The highest BCUT2D eigenvalue weighted by molar-refractivity contribution is 4.92. The minimum Gasteiger partial charge on any atom is -0.0883 e. The number of allylic oxidation sites excluding steroid dienone is 2. The van der Waals surface area contributed by atoms with E-state index in [1.54, 1.807) is 12.8 Å². The Morgan fingerprint density at radius 3 is 2.15 bits per heavy atom. The summed E-state index contributed by atoms with van der Waals surface area (Å²) >= 11 is 0. The molecule has 2 fully saturated rings. The second-order valence-corrected chi connectivity index (χ2v) is 7.35. The van der Waals surface area contributed by atoms with Crippen molar-refractivity contribution in [2.45, 2.75) is 96.8 Å². The third kappa shape index (κ3) is 5.62. The first-order valence-corrected chi connectivity index (χ1v) is 9.56. The van der Waals surface area contributed by atoms with Gasteiger partial charge in [-0.1, -0.05) is 70.4 Å². The molecule has 0 nitrogen and oxygen atoms in total. The van der Waals surface area contributed by atoms with Gasteiger partial charge in [0.25, 0.3) is 0 Å². The summed E-state index contributed by atoms with van der Waals surface area (Å²) in [6, 6.07) is 0. The fraction of sp³-hybridized carbons (Fsp3) is 0.900. The summed E-state index contributed by atoms with van der Waals surface area (Å²) in [6.07, 6.45) is 25.6. The molecule has 2 aliphatic carbocycles. The van der Waals surface area contributed by atoms with E-state index >= 15 is 0 Å². The molecule has 2 aliphatic rings. The lowest BCUT2D eigenvalue weighted by Gasteiger charge is -2.35. The molecule has 0 aromatic carbocycles. The van der Waals surface area contributed by atoms with Crippen molar-refractivity contribution in [1.29, 1.82) is 0 Å². The summed E-state index contributed by atoms with van der Waals surface area (Å²) in [6.45, 7) is 2.29. The third-order valence-electron chi connectivity index (χ3n) is 5.77. The molecule has 116 valence electrons. The van der Waals surface area contributed by atoms with Crippen LogP contribution in [0.2, 0.25) is 0 Å². The van der Waals surface area contributed by atoms with E-state index in [4.69, 9.17) is 0 Å². The normalized spacial score (nSPS) is 29.1. The van der Waals surface area contributed by atoms with Crippen LogP contribution in [0.4, 0.5) is 0 Å². The van der Waals surface area contributed by atoms with E-state index in [0.717, 1.165) is 17.8 Å². The lowest BCUT2D eigenvalue weighted by atomic mass is 9.71. The van der Waals surface area contributed by atoms with Crippen LogP contribution in [0, 0.1) is 17.8 Å². The van der Waals surface area contributed by atoms with Gasteiger partial charge in [0.05, 0.1) is 0 Å². The van der Waals surface area contributed by atoms with E-state index in [1.807, 2.05) is 0 Å². The molecular formula is C20H36. The standard InChI is InChI=1S/C20H36/c1-2-3-4-5-6-8-11-18-14-16-20(17-15-18)19-12-9-7-10-13-19/h8,11,18-20H,2-7,9-10,12-17H2,1H3/b11-8+. The van der Waals surface area contributed by atoms with Crippen LogP contribution in [0.15, 0.2) is 12.2 Å². The topological polar surface area (TPSA) is 0 Å². The highest BCUT2D eigenvalue weighted by Gasteiger charge is 2.27. The van der Waals surface area contributed by atoms with E-state index in [-0.39, 0.29) is 0 Å². The monoisotopic (exact) mass is 276 g/mol. The highest BCUT2D eigenvalue weighted by atomic mass is 14.3. The average Bonchev–Trinajstić information content (AvgIpc) is 2.52. The van der Waals surface area contributed by atoms with E-state index in [9.17, 15) is 0 Å². The van der Waals surface area contributed by atoms with Gasteiger partial charge in [0.2, 0.25) is 0 Å². The Hall–Kier alpha value is -0.260. The average molecular weight is 277 g/mol. The Kier molecular flexibility index (Phi) is 7.76. The summed E-state index contributed by atoms with van der Waals surface area (Å²) in [4.78, 5) is 0. The predicted octanol–water partition coefficient (Wildman–Crippen LogP) is 6.90. The van der Waals surface area contributed by atoms with E-state index < -0.39 is 0 Å². The van der Waals surface area contributed by atoms with Crippen LogP contribution in [-0.4, -0.2) is 0 Å². The van der Waals surface area contributed by atoms with Crippen molar-refractivity contribution in [2.75, 3.05) is 0 Å². The third-order valence-corrected chi connectivity index (χ3v) is 5.77. The largest absolute Gasteiger partial charge is 0.0883 e. The van der Waals surface area contributed by atoms with Crippen LogP contribution in [0.25, 0.3) is 0 Å².